The van der Waals surface area contributed by atoms with E-state index < -0.39 is 17.3 Å². The van der Waals surface area contributed by atoms with Crippen molar-refractivity contribution in [2.24, 2.45) is 0 Å². The van der Waals surface area contributed by atoms with Crippen LogP contribution < -0.4 is 0 Å². The highest BCUT2D eigenvalue weighted by atomic mass is 32.1. The maximum atomic E-state index is 12.8. The second-order valence-corrected chi connectivity index (χ2v) is 5.81. The van der Waals surface area contributed by atoms with Gasteiger partial charge >= 0.3 is 6.18 Å². The van der Waals surface area contributed by atoms with Crippen LogP contribution in [0.3, 0.4) is 0 Å². The Morgan fingerprint density at radius 1 is 1.22 bits per heavy atom. The van der Waals surface area contributed by atoms with Gasteiger partial charge in [0.1, 0.15) is 0 Å². The van der Waals surface area contributed by atoms with Gasteiger partial charge in [0.05, 0.1) is 11.2 Å². The van der Waals surface area contributed by atoms with E-state index in [1.807, 2.05) is 0 Å². The maximum absolute atomic E-state index is 12.8. The fourth-order valence-corrected chi connectivity index (χ4v) is 3.04. The fourth-order valence-electron chi connectivity index (χ4n) is 1.94. The third kappa shape index (κ3) is 2.67. The Morgan fingerprint density at radius 3 is 2.44 bits per heavy atom. The van der Waals surface area contributed by atoms with Crippen molar-refractivity contribution < 1.29 is 18.3 Å². The molecule has 98 valence electrons. The second kappa shape index (κ2) is 4.24. The largest absolute Gasteiger partial charge is 0.417 e. The summed E-state index contributed by atoms with van der Waals surface area (Å²) in [6.07, 6.45) is -4.00. The Bertz CT molecular complexity index is 564. The van der Waals surface area contributed by atoms with Gasteiger partial charge in [-0.2, -0.15) is 13.2 Å². The highest BCUT2D eigenvalue weighted by molar-refractivity contribution is 7.17. The highest BCUT2D eigenvalue weighted by Gasteiger charge is 2.33. The zero-order chi connectivity index (χ0) is 13.6. The summed E-state index contributed by atoms with van der Waals surface area (Å²) >= 11 is 1.08. The summed E-state index contributed by atoms with van der Waals surface area (Å²) in [6.45, 7) is 3.29. The predicted molar refractivity (Wildman–Crippen MR) is 66.8 cm³/mol. The number of benzene rings is 1. The molecular formula is C13H13F3OS. The normalized spacial score (nSPS) is 13.2. The smallest absolute Gasteiger partial charge is 0.390 e. The van der Waals surface area contributed by atoms with Crippen LogP contribution in [-0.4, -0.2) is 10.7 Å². The minimum Gasteiger partial charge on any atom is -0.390 e. The summed E-state index contributed by atoms with van der Waals surface area (Å²) in [6, 6.07) is 4.17. The molecule has 2 aromatic rings. The molecule has 0 amide bonds. The van der Waals surface area contributed by atoms with Crippen LogP contribution in [0.1, 0.15) is 25.0 Å². The molecule has 1 aromatic heterocycles. The number of alkyl halides is 3. The molecule has 0 aliphatic carbocycles. The number of hydrogen-bond acceptors (Lipinski definition) is 2. The van der Waals surface area contributed by atoms with Gasteiger partial charge in [-0.1, -0.05) is 12.1 Å². The van der Waals surface area contributed by atoms with Crippen molar-refractivity contribution in [1.82, 2.24) is 0 Å². The molecule has 1 heterocycles. The van der Waals surface area contributed by atoms with Crippen LogP contribution >= 0.6 is 11.3 Å². The van der Waals surface area contributed by atoms with E-state index in [2.05, 4.69) is 0 Å². The molecule has 0 atom stereocenters. The van der Waals surface area contributed by atoms with Crippen LogP contribution in [0.4, 0.5) is 13.2 Å². The van der Waals surface area contributed by atoms with Gasteiger partial charge in [0, 0.05) is 11.1 Å². The molecule has 0 fully saturated rings. The van der Waals surface area contributed by atoms with Gasteiger partial charge in [0.2, 0.25) is 0 Å². The number of rotatable bonds is 2. The van der Waals surface area contributed by atoms with Gasteiger partial charge in [0.15, 0.2) is 0 Å². The predicted octanol–water partition coefficient (Wildman–Crippen LogP) is 4.23. The lowest BCUT2D eigenvalue weighted by Crippen LogP contribution is -2.21. The van der Waals surface area contributed by atoms with E-state index in [9.17, 15) is 18.3 Å². The van der Waals surface area contributed by atoms with Gasteiger partial charge in [-0.25, -0.2) is 0 Å². The molecule has 0 saturated carbocycles. The van der Waals surface area contributed by atoms with E-state index in [4.69, 9.17) is 0 Å². The topological polar surface area (TPSA) is 20.2 Å². The Balaban J connectivity index is 2.56. The molecule has 0 aliphatic heterocycles. The van der Waals surface area contributed by atoms with E-state index in [1.54, 1.807) is 25.3 Å². The van der Waals surface area contributed by atoms with Crippen LogP contribution in [0.5, 0.6) is 0 Å². The summed E-state index contributed by atoms with van der Waals surface area (Å²) in [5.41, 5.74) is -0.775. The van der Waals surface area contributed by atoms with Crippen molar-refractivity contribution in [3.05, 3.63) is 34.7 Å². The molecule has 2 rings (SSSR count). The zero-order valence-electron chi connectivity index (χ0n) is 10.0. The minimum atomic E-state index is -4.34. The quantitative estimate of drug-likeness (QED) is 0.868. The zero-order valence-corrected chi connectivity index (χ0v) is 10.8. The highest BCUT2D eigenvalue weighted by Crippen LogP contribution is 2.39. The third-order valence-electron chi connectivity index (χ3n) is 2.61. The first kappa shape index (κ1) is 13.4. The molecule has 0 spiro atoms. The van der Waals surface area contributed by atoms with E-state index in [1.165, 1.54) is 6.07 Å². The molecule has 1 nitrogen and oxygen atoms in total. The average Bonchev–Trinajstić information content (AvgIpc) is 2.57. The van der Waals surface area contributed by atoms with Crippen LogP contribution in [0, 0.1) is 0 Å². The number of aliphatic hydroxyl groups is 1. The minimum absolute atomic E-state index is 0.240. The average molecular weight is 274 g/mol. The van der Waals surface area contributed by atoms with E-state index in [0.717, 1.165) is 23.0 Å². The lowest BCUT2D eigenvalue weighted by atomic mass is 9.97. The Labute approximate surface area is 107 Å². The van der Waals surface area contributed by atoms with Crippen LogP contribution in [0.25, 0.3) is 10.1 Å². The molecule has 18 heavy (non-hydrogen) atoms. The second-order valence-electron chi connectivity index (χ2n) is 4.93. The third-order valence-corrected chi connectivity index (χ3v) is 3.69. The Morgan fingerprint density at radius 2 is 1.89 bits per heavy atom. The lowest BCUT2D eigenvalue weighted by molar-refractivity contribution is -0.136. The molecule has 1 aromatic carbocycles. The molecule has 1 N–H and O–H groups in total. The number of hydrogen-bond donors (Lipinski definition) is 1. The molecule has 0 bridgehead atoms. The number of halogens is 3. The van der Waals surface area contributed by atoms with Crippen molar-refractivity contribution in [2.45, 2.75) is 32.0 Å². The summed E-state index contributed by atoms with van der Waals surface area (Å²) in [5, 5.41) is 12.0. The lowest BCUT2D eigenvalue weighted by Gasteiger charge is -2.16. The Kier molecular flexibility index (Phi) is 3.15. The number of thiophene rings is 1. The fraction of sp³-hybridized carbons (Fsp3) is 0.385. The van der Waals surface area contributed by atoms with Crippen molar-refractivity contribution in [2.75, 3.05) is 0 Å². The molecule has 0 radical (unpaired) electrons. The van der Waals surface area contributed by atoms with Crippen molar-refractivity contribution in [3.8, 4) is 0 Å². The van der Waals surface area contributed by atoms with E-state index in [0.29, 0.717) is 11.8 Å². The molecule has 0 aliphatic rings. The monoisotopic (exact) mass is 274 g/mol. The van der Waals surface area contributed by atoms with E-state index >= 15 is 0 Å². The maximum Gasteiger partial charge on any atom is 0.417 e. The van der Waals surface area contributed by atoms with Crippen molar-refractivity contribution in [3.63, 3.8) is 0 Å². The molecule has 0 unspecified atom stereocenters. The van der Waals surface area contributed by atoms with Crippen LogP contribution in [0.15, 0.2) is 23.6 Å². The van der Waals surface area contributed by atoms with Crippen molar-refractivity contribution >= 4 is 21.4 Å². The molecule has 0 saturated heterocycles. The van der Waals surface area contributed by atoms with Gasteiger partial charge in [-0.3, -0.25) is 0 Å². The Hall–Kier alpha value is -1.07. The standard InChI is InChI=1S/C13H13F3OS/c1-12(2,17)6-8-7-18-11-9(8)4-3-5-10(11)13(14,15)16/h3-5,7,17H,6H2,1-2H3. The molecule has 5 heteroatoms. The summed E-state index contributed by atoms with van der Waals surface area (Å²) < 4.78 is 38.7. The number of fused-ring (bicyclic) bond motifs is 1. The first-order chi connectivity index (χ1) is 8.18. The summed E-state index contributed by atoms with van der Waals surface area (Å²) in [5.74, 6) is 0. The molecular weight excluding hydrogens is 261 g/mol. The van der Waals surface area contributed by atoms with Crippen molar-refractivity contribution in [1.29, 1.82) is 0 Å². The van der Waals surface area contributed by atoms with Gasteiger partial charge in [-0.15, -0.1) is 11.3 Å². The van der Waals surface area contributed by atoms with Crippen LogP contribution in [0.2, 0.25) is 0 Å². The summed E-state index contributed by atoms with van der Waals surface area (Å²) in [7, 11) is 0. The van der Waals surface area contributed by atoms with Crippen LogP contribution in [-0.2, 0) is 12.6 Å². The first-order valence-electron chi connectivity index (χ1n) is 5.47. The SMILES string of the molecule is CC(C)(O)Cc1csc2c(C(F)(F)F)cccc12. The van der Waals surface area contributed by atoms with E-state index in [-0.39, 0.29) is 4.70 Å². The first-order valence-corrected chi connectivity index (χ1v) is 6.35. The van der Waals surface area contributed by atoms with Gasteiger partial charge in [0.25, 0.3) is 0 Å². The summed E-state index contributed by atoms with van der Waals surface area (Å²) in [4.78, 5) is 0. The van der Waals surface area contributed by atoms with Gasteiger partial charge in [-0.05, 0) is 36.2 Å². The van der Waals surface area contributed by atoms with Gasteiger partial charge < -0.3 is 5.11 Å².